The number of rotatable bonds is 3. The maximum absolute atomic E-state index is 12.2. The van der Waals surface area contributed by atoms with Crippen molar-refractivity contribution in [3.63, 3.8) is 0 Å². The van der Waals surface area contributed by atoms with Crippen molar-refractivity contribution in [2.24, 2.45) is 0 Å². The van der Waals surface area contributed by atoms with E-state index in [1.54, 1.807) is 40.3 Å². The van der Waals surface area contributed by atoms with E-state index >= 15 is 0 Å². The first-order chi connectivity index (χ1) is 12.1. The lowest BCUT2D eigenvalue weighted by atomic mass is 10.2. The van der Waals surface area contributed by atoms with Crippen LogP contribution in [-0.2, 0) is 0 Å². The molecule has 130 valence electrons. The van der Waals surface area contributed by atoms with E-state index in [0.29, 0.717) is 37.0 Å². The molecule has 0 atom stereocenters. The summed E-state index contributed by atoms with van der Waals surface area (Å²) >= 11 is 6.06. The quantitative estimate of drug-likeness (QED) is 0.915. The molecule has 25 heavy (non-hydrogen) atoms. The van der Waals surface area contributed by atoms with Crippen molar-refractivity contribution in [3.8, 4) is 0 Å². The van der Waals surface area contributed by atoms with Crippen LogP contribution in [0.3, 0.4) is 0 Å². The minimum Gasteiger partial charge on any atom is -0.459 e. The molecule has 6 nitrogen and oxygen atoms in total. The van der Waals surface area contributed by atoms with Crippen LogP contribution in [0.5, 0.6) is 0 Å². The summed E-state index contributed by atoms with van der Waals surface area (Å²) in [6, 6.07) is 10.5. The van der Waals surface area contributed by atoms with Gasteiger partial charge in [0, 0.05) is 37.4 Å². The van der Waals surface area contributed by atoms with E-state index in [0.717, 1.165) is 5.56 Å². The summed E-state index contributed by atoms with van der Waals surface area (Å²) in [4.78, 5) is 27.7. The maximum Gasteiger partial charge on any atom is 0.321 e. The summed E-state index contributed by atoms with van der Waals surface area (Å²) in [7, 11) is 0. The van der Waals surface area contributed by atoms with Gasteiger partial charge in [0.1, 0.15) is 0 Å². The van der Waals surface area contributed by atoms with Gasteiger partial charge in [0.15, 0.2) is 5.76 Å². The van der Waals surface area contributed by atoms with E-state index in [1.165, 1.54) is 6.26 Å². The molecule has 7 heteroatoms. The number of nitrogens with one attached hydrogen (secondary N) is 1. The molecular formula is C18H18ClN3O3. The zero-order valence-electron chi connectivity index (χ0n) is 13.5. The zero-order valence-corrected chi connectivity index (χ0v) is 14.3. The van der Waals surface area contributed by atoms with Gasteiger partial charge >= 0.3 is 6.03 Å². The number of piperazine rings is 1. The van der Waals surface area contributed by atoms with Gasteiger partial charge in [0.25, 0.3) is 5.91 Å². The van der Waals surface area contributed by atoms with E-state index in [9.17, 15) is 9.59 Å². The van der Waals surface area contributed by atoms with E-state index in [-0.39, 0.29) is 11.9 Å². The van der Waals surface area contributed by atoms with Crippen molar-refractivity contribution < 1.29 is 14.0 Å². The summed E-state index contributed by atoms with van der Waals surface area (Å²) in [5.41, 5.74) is 0.832. The minimum atomic E-state index is -0.201. The lowest BCUT2D eigenvalue weighted by Crippen LogP contribution is -2.52. The molecule has 1 aromatic heterocycles. The SMILES string of the molecule is O=C(N/C=C/c1ccccc1Cl)N1CCN(C(=O)c2ccco2)CC1. The molecule has 3 rings (SSSR count). The second kappa shape index (κ2) is 7.90. The van der Waals surface area contributed by atoms with Crippen molar-refractivity contribution >= 4 is 29.6 Å². The van der Waals surface area contributed by atoms with Gasteiger partial charge in [-0.1, -0.05) is 29.8 Å². The highest BCUT2D eigenvalue weighted by Gasteiger charge is 2.25. The summed E-state index contributed by atoms with van der Waals surface area (Å²) in [6.07, 6.45) is 4.79. The van der Waals surface area contributed by atoms with Crippen LogP contribution in [0.15, 0.2) is 53.3 Å². The van der Waals surface area contributed by atoms with Crippen LogP contribution in [0.1, 0.15) is 16.1 Å². The molecule has 1 saturated heterocycles. The molecule has 0 radical (unpaired) electrons. The summed E-state index contributed by atoms with van der Waals surface area (Å²) < 4.78 is 5.12. The van der Waals surface area contributed by atoms with Crippen molar-refractivity contribution in [2.75, 3.05) is 26.2 Å². The molecule has 2 aromatic rings. The van der Waals surface area contributed by atoms with Crippen LogP contribution in [0.2, 0.25) is 5.02 Å². The number of hydrogen-bond acceptors (Lipinski definition) is 3. The van der Waals surface area contributed by atoms with Gasteiger partial charge in [0.05, 0.1) is 6.26 Å². The average molecular weight is 360 g/mol. The van der Waals surface area contributed by atoms with Crippen molar-refractivity contribution in [3.05, 3.63) is 65.2 Å². The minimum absolute atomic E-state index is 0.149. The number of nitrogens with zero attached hydrogens (tertiary/aromatic N) is 2. The number of hydrogen-bond donors (Lipinski definition) is 1. The molecule has 0 unspecified atom stereocenters. The van der Waals surface area contributed by atoms with E-state index in [4.69, 9.17) is 16.0 Å². The second-order valence-electron chi connectivity index (χ2n) is 5.56. The molecule has 1 aromatic carbocycles. The number of amides is 3. The number of benzene rings is 1. The van der Waals surface area contributed by atoms with Crippen molar-refractivity contribution in [1.29, 1.82) is 0 Å². The molecule has 0 spiro atoms. The molecule has 0 aliphatic carbocycles. The predicted octanol–water partition coefficient (Wildman–Crippen LogP) is 3.07. The van der Waals surface area contributed by atoms with E-state index in [1.807, 2.05) is 18.2 Å². The molecule has 1 fully saturated rings. The molecular weight excluding hydrogens is 342 g/mol. The lowest BCUT2D eigenvalue weighted by Gasteiger charge is -2.34. The van der Waals surface area contributed by atoms with Crippen LogP contribution < -0.4 is 5.32 Å². The van der Waals surface area contributed by atoms with E-state index in [2.05, 4.69) is 5.32 Å². The average Bonchev–Trinajstić information content (AvgIpc) is 3.17. The Kier molecular flexibility index (Phi) is 5.40. The molecule has 2 heterocycles. The summed E-state index contributed by atoms with van der Waals surface area (Å²) in [5, 5.41) is 3.35. The monoisotopic (exact) mass is 359 g/mol. The van der Waals surface area contributed by atoms with Crippen molar-refractivity contribution in [2.45, 2.75) is 0 Å². The largest absolute Gasteiger partial charge is 0.459 e. The Hall–Kier alpha value is -2.73. The lowest BCUT2D eigenvalue weighted by molar-refractivity contribution is 0.0636. The fourth-order valence-corrected chi connectivity index (χ4v) is 2.77. The summed E-state index contributed by atoms with van der Waals surface area (Å²) in [5.74, 6) is 0.171. The van der Waals surface area contributed by atoms with Gasteiger partial charge < -0.3 is 19.5 Å². The van der Waals surface area contributed by atoms with Crippen LogP contribution in [0.4, 0.5) is 4.79 Å². The molecule has 0 saturated carbocycles. The topological polar surface area (TPSA) is 65.8 Å². The molecule has 1 aliphatic heterocycles. The fraction of sp³-hybridized carbons (Fsp3) is 0.222. The van der Waals surface area contributed by atoms with Gasteiger partial charge in [-0.05, 0) is 29.8 Å². The highest BCUT2D eigenvalue weighted by molar-refractivity contribution is 6.32. The number of furan rings is 1. The van der Waals surface area contributed by atoms with Crippen LogP contribution in [0, 0.1) is 0 Å². The highest BCUT2D eigenvalue weighted by atomic mass is 35.5. The normalized spacial score (nSPS) is 14.8. The Balaban J connectivity index is 1.48. The first-order valence-corrected chi connectivity index (χ1v) is 8.32. The van der Waals surface area contributed by atoms with Crippen molar-refractivity contribution in [1.82, 2.24) is 15.1 Å². The fourth-order valence-electron chi connectivity index (χ4n) is 2.57. The Labute approximate surface area is 150 Å². The van der Waals surface area contributed by atoms with Gasteiger partial charge in [0.2, 0.25) is 0 Å². The van der Waals surface area contributed by atoms with Gasteiger partial charge in [-0.3, -0.25) is 4.79 Å². The highest BCUT2D eigenvalue weighted by Crippen LogP contribution is 2.16. The first kappa shape index (κ1) is 17.1. The molecule has 3 amide bonds. The Morgan fingerprint density at radius 2 is 1.76 bits per heavy atom. The molecule has 0 bridgehead atoms. The number of carbonyl (C=O) groups excluding carboxylic acids is 2. The van der Waals surface area contributed by atoms with Gasteiger partial charge in [-0.2, -0.15) is 0 Å². The Morgan fingerprint density at radius 3 is 2.44 bits per heavy atom. The Morgan fingerprint density at radius 1 is 1.04 bits per heavy atom. The van der Waals surface area contributed by atoms with Crippen LogP contribution in [-0.4, -0.2) is 47.9 Å². The predicted molar refractivity (Wildman–Crippen MR) is 95.2 cm³/mol. The smallest absolute Gasteiger partial charge is 0.321 e. The van der Waals surface area contributed by atoms with Gasteiger partial charge in [-0.15, -0.1) is 0 Å². The van der Waals surface area contributed by atoms with Gasteiger partial charge in [-0.25, -0.2) is 4.79 Å². The second-order valence-corrected chi connectivity index (χ2v) is 5.97. The molecule has 1 aliphatic rings. The number of carbonyl (C=O) groups is 2. The first-order valence-electron chi connectivity index (χ1n) is 7.94. The Bertz CT molecular complexity index is 766. The van der Waals surface area contributed by atoms with Crippen LogP contribution >= 0.6 is 11.6 Å². The van der Waals surface area contributed by atoms with Crippen LogP contribution in [0.25, 0.3) is 6.08 Å². The third kappa shape index (κ3) is 4.22. The standard InChI is InChI=1S/C18H18ClN3O3/c19-15-5-2-1-4-14(15)7-8-20-18(24)22-11-9-21(10-12-22)17(23)16-6-3-13-25-16/h1-8,13H,9-12H2,(H,20,24)/b8-7+. The third-order valence-corrected chi connectivity index (χ3v) is 4.31. The molecule has 1 N–H and O–H groups in total. The number of urea groups is 1. The van der Waals surface area contributed by atoms with E-state index < -0.39 is 0 Å². The summed E-state index contributed by atoms with van der Waals surface area (Å²) in [6.45, 7) is 1.89. The zero-order chi connectivity index (χ0) is 17.6. The maximum atomic E-state index is 12.2. The third-order valence-electron chi connectivity index (χ3n) is 3.96. The number of halogens is 1.